The number of carbonyl (C=O) groups is 1. The van der Waals surface area contributed by atoms with Gasteiger partial charge in [0.15, 0.2) is 0 Å². The minimum Gasteiger partial charge on any atom is -0.465 e. The number of carboxylic acid groups (broad SMARTS) is 1. The number of nitrogens with zero attached hydrogens (tertiary/aromatic N) is 1. The van der Waals surface area contributed by atoms with E-state index in [2.05, 4.69) is 5.32 Å². The highest BCUT2D eigenvalue weighted by atomic mass is 19.4. The van der Waals surface area contributed by atoms with Crippen molar-refractivity contribution in [3.05, 3.63) is 34.9 Å². The molecule has 0 aliphatic carbocycles. The van der Waals surface area contributed by atoms with Gasteiger partial charge in [-0.1, -0.05) is 32.9 Å². The molecular weight excluding hydrogens is 285 g/mol. The Labute approximate surface area is 120 Å². The van der Waals surface area contributed by atoms with Crippen molar-refractivity contribution < 1.29 is 23.1 Å². The molecule has 0 heterocycles. The predicted molar refractivity (Wildman–Crippen MR) is 69.5 cm³/mol. The minimum absolute atomic E-state index is 0.0159. The number of hydrogen-bond acceptors (Lipinski definition) is 2. The Morgan fingerprint density at radius 2 is 1.90 bits per heavy atom. The normalized spacial score (nSPS) is 13.4. The largest absolute Gasteiger partial charge is 0.465 e. The van der Waals surface area contributed by atoms with Gasteiger partial charge >= 0.3 is 12.3 Å². The number of benzene rings is 1. The molecule has 21 heavy (non-hydrogen) atoms. The van der Waals surface area contributed by atoms with E-state index in [-0.39, 0.29) is 5.56 Å². The summed E-state index contributed by atoms with van der Waals surface area (Å²) in [6, 6.07) is 3.91. The highest BCUT2D eigenvalue weighted by molar-refractivity contribution is 5.66. The van der Waals surface area contributed by atoms with Crippen molar-refractivity contribution in [3.8, 4) is 6.07 Å². The van der Waals surface area contributed by atoms with Crippen molar-refractivity contribution in [2.75, 3.05) is 0 Å². The van der Waals surface area contributed by atoms with Crippen molar-refractivity contribution >= 4 is 6.09 Å². The van der Waals surface area contributed by atoms with Gasteiger partial charge in [-0.2, -0.15) is 18.4 Å². The minimum atomic E-state index is -4.67. The molecule has 0 bridgehead atoms. The monoisotopic (exact) mass is 300 g/mol. The van der Waals surface area contributed by atoms with Crippen LogP contribution in [0.4, 0.5) is 18.0 Å². The van der Waals surface area contributed by atoms with Gasteiger partial charge in [-0.25, -0.2) is 4.79 Å². The predicted octanol–water partition coefficient (Wildman–Crippen LogP) is 3.93. The fourth-order valence-corrected chi connectivity index (χ4v) is 2.06. The Kier molecular flexibility index (Phi) is 4.52. The number of nitriles is 1. The lowest BCUT2D eigenvalue weighted by Crippen LogP contribution is -2.36. The SMILES string of the molecule is CC(C)(C)C(NC(=O)O)c1cccc(C(F)(F)F)c1C#N. The fraction of sp³-hybridized carbons (Fsp3) is 0.429. The molecule has 1 rings (SSSR count). The lowest BCUT2D eigenvalue weighted by Gasteiger charge is -2.32. The average molecular weight is 300 g/mol. The molecule has 1 atom stereocenters. The first-order valence-corrected chi connectivity index (χ1v) is 6.08. The second-order valence-corrected chi connectivity index (χ2v) is 5.63. The van der Waals surface area contributed by atoms with Crippen molar-refractivity contribution in [2.24, 2.45) is 5.41 Å². The number of nitrogens with one attached hydrogen (secondary N) is 1. The highest BCUT2D eigenvalue weighted by Gasteiger charge is 2.37. The standard InChI is InChI=1S/C14H15F3N2O2/c1-13(2,3)11(19-12(20)21)8-5-4-6-10(9(8)7-18)14(15,16)17/h4-6,11,19H,1-3H3,(H,20,21). The Hall–Kier alpha value is -2.23. The Morgan fingerprint density at radius 1 is 1.33 bits per heavy atom. The molecule has 0 saturated heterocycles. The lowest BCUT2D eigenvalue weighted by molar-refractivity contribution is -0.137. The van der Waals surface area contributed by atoms with E-state index < -0.39 is 34.9 Å². The first kappa shape index (κ1) is 16.8. The number of alkyl halides is 3. The van der Waals surface area contributed by atoms with Crippen molar-refractivity contribution in [1.29, 1.82) is 5.26 Å². The van der Waals surface area contributed by atoms with Gasteiger partial charge in [0.1, 0.15) is 6.07 Å². The zero-order chi connectivity index (χ0) is 16.4. The van der Waals surface area contributed by atoms with Crippen molar-refractivity contribution in [1.82, 2.24) is 5.32 Å². The number of rotatable bonds is 2. The van der Waals surface area contributed by atoms with Gasteiger partial charge in [-0.05, 0) is 17.0 Å². The van der Waals surface area contributed by atoms with Crippen LogP contribution in [0.5, 0.6) is 0 Å². The number of halogens is 3. The maximum atomic E-state index is 13.0. The molecule has 0 radical (unpaired) electrons. The molecule has 4 nitrogen and oxygen atoms in total. The van der Waals surface area contributed by atoms with Gasteiger partial charge < -0.3 is 10.4 Å². The molecule has 2 N–H and O–H groups in total. The van der Waals surface area contributed by atoms with Crippen LogP contribution in [0.25, 0.3) is 0 Å². The zero-order valence-electron chi connectivity index (χ0n) is 11.7. The van der Waals surface area contributed by atoms with Crippen LogP contribution in [0.1, 0.15) is 43.5 Å². The van der Waals surface area contributed by atoms with Crippen LogP contribution in [0, 0.1) is 16.7 Å². The maximum Gasteiger partial charge on any atom is 0.417 e. The molecule has 1 aromatic rings. The Bertz CT molecular complexity index is 583. The molecule has 0 aromatic heterocycles. The lowest BCUT2D eigenvalue weighted by atomic mass is 9.80. The summed E-state index contributed by atoms with van der Waals surface area (Å²) in [5.41, 5.74) is -2.31. The van der Waals surface area contributed by atoms with E-state index in [0.29, 0.717) is 0 Å². The molecule has 0 aliphatic rings. The molecule has 7 heteroatoms. The molecule has 1 amide bonds. The van der Waals surface area contributed by atoms with E-state index in [1.807, 2.05) is 0 Å². The quantitative estimate of drug-likeness (QED) is 0.869. The third kappa shape index (κ3) is 3.88. The Balaban J connectivity index is 3.54. The summed E-state index contributed by atoms with van der Waals surface area (Å²) in [6.07, 6.45) is -6.04. The van der Waals surface area contributed by atoms with Crippen LogP contribution < -0.4 is 5.32 Å². The summed E-state index contributed by atoms with van der Waals surface area (Å²) >= 11 is 0. The van der Waals surface area contributed by atoms with E-state index in [1.165, 1.54) is 12.1 Å². The summed E-state index contributed by atoms with van der Waals surface area (Å²) in [5, 5.41) is 20.2. The molecule has 0 aliphatic heterocycles. The average Bonchev–Trinajstić information content (AvgIpc) is 2.32. The molecule has 1 aromatic carbocycles. The number of amides is 1. The van der Waals surface area contributed by atoms with Crippen molar-refractivity contribution in [2.45, 2.75) is 33.0 Å². The summed E-state index contributed by atoms with van der Waals surface area (Å²) in [6.45, 7) is 5.03. The van der Waals surface area contributed by atoms with Gasteiger partial charge in [0.2, 0.25) is 0 Å². The second-order valence-electron chi connectivity index (χ2n) is 5.63. The molecule has 0 fully saturated rings. The first-order chi connectivity index (χ1) is 9.48. The smallest absolute Gasteiger partial charge is 0.417 e. The van der Waals surface area contributed by atoms with Gasteiger partial charge in [0.05, 0.1) is 17.2 Å². The molecular formula is C14H15F3N2O2. The summed E-state index contributed by atoms with van der Waals surface area (Å²) in [7, 11) is 0. The summed E-state index contributed by atoms with van der Waals surface area (Å²) in [4.78, 5) is 10.9. The van der Waals surface area contributed by atoms with Gasteiger partial charge in [-0.3, -0.25) is 0 Å². The first-order valence-electron chi connectivity index (χ1n) is 6.08. The van der Waals surface area contributed by atoms with Gasteiger partial charge in [-0.15, -0.1) is 0 Å². The van der Waals surface area contributed by atoms with Crippen LogP contribution in [-0.2, 0) is 6.18 Å². The Morgan fingerprint density at radius 3 is 2.29 bits per heavy atom. The topological polar surface area (TPSA) is 73.1 Å². The molecule has 114 valence electrons. The fourth-order valence-electron chi connectivity index (χ4n) is 2.06. The van der Waals surface area contributed by atoms with Crippen molar-refractivity contribution in [3.63, 3.8) is 0 Å². The zero-order valence-corrected chi connectivity index (χ0v) is 11.7. The summed E-state index contributed by atoms with van der Waals surface area (Å²) < 4.78 is 38.9. The molecule has 0 spiro atoms. The van der Waals surface area contributed by atoms with Crippen LogP contribution in [-0.4, -0.2) is 11.2 Å². The van der Waals surface area contributed by atoms with Crippen LogP contribution in [0.3, 0.4) is 0 Å². The van der Waals surface area contributed by atoms with Gasteiger partial charge in [0, 0.05) is 0 Å². The van der Waals surface area contributed by atoms with E-state index >= 15 is 0 Å². The highest BCUT2D eigenvalue weighted by Crippen LogP contribution is 2.39. The third-order valence-corrected chi connectivity index (χ3v) is 2.96. The van der Waals surface area contributed by atoms with Crippen LogP contribution in [0.15, 0.2) is 18.2 Å². The molecule has 0 saturated carbocycles. The molecule has 1 unspecified atom stereocenters. The second kappa shape index (κ2) is 5.64. The van der Waals surface area contributed by atoms with E-state index in [0.717, 1.165) is 6.07 Å². The third-order valence-electron chi connectivity index (χ3n) is 2.96. The van der Waals surface area contributed by atoms with E-state index in [9.17, 15) is 18.0 Å². The van der Waals surface area contributed by atoms with E-state index in [4.69, 9.17) is 10.4 Å². The summed E-state index contributed by atoms with van der Waals surface area (Å²) in [5.74, 6) is 0. The van der Waals surface area contributed by atoms with E-state index in [1.54, 1.807) is 26.8 Å². The van der Waals surface area contributed by atoms with Crippen LogP contribution >= 0.6 is 0 Å². The number of hydrogen-bond donors (Lipinski definition) is 2. The maximum absolute atomic E-state index is 13.0. The van der Waals surface area contributed by atoms with Crippen LogP contribution in [0.2, 0.25) is 0 Å². The van der Waals surface area contributed by atoms with Gasteiger partial charge in [0.25, 0.3) is 0 Å².